The molecule has 0 heterocycles. The fourth-order valence-corrected chi connectivity index (χ4v) is 1.89. The van der Waals surface area contributed by atoms with Crippen molar-refractivity contribution in [2.75, 3.05) is 11.9 Å². The number of aliphatic hydroxyl groups is 1. The Balaban J connectivity index is 2.49. The van der Waals surface area contributed by atoms with Gasteiger partial charge in [-0.15, -0.1) is 0 Å². The highest BCUT2D eigenvalue weighted by Gasteiger charge is 2.17. The van der Waals surface area contributed by atoms with Gasteiger partial charge in [0, 0.05) is 12.2 Å². The van der Waals surface area contributed by atoms with E-state index in [9.17, 15) is 14.7 Å². The first-order valence-electron chi connectivity index (χ1n) is 7.72. The van der Waals surface area contributed by atoms with Crippen LogP contribution in [-0.4, -0.2) is 29.6 Å². The zero-order valence-corrected chi connectivity index (χ0v) is 13.7. The Morgan fingerprint density at radius 3 is 2.18 bits per heavy atom. The molecule has 2 atom stereocenters. The van der Waals surface area contributed by atoms with Crippen LogP contribution < -0.4 is 10.6 Å². The standard InChI is InChI=1S/C17H26N2O3/c1-5-12(4)15(20)10-18-16(21)17(22)19-14-8-6-13(7-9-14)11(2)3/h6-9,11-12,15,20H,5,10H2,1-4H3,(H,18,21)(H,19,22). The van der Waals surface area contributed by atoms with E-state index in [1.165, 1.54) is 5.56 Å². The van der Waals surface area contributed by atoms with Gasteiger partial charge in [0.05, 0.1) is 6.10 Å². The van der Waals surface area contributed by atoms with E-state index in [4.69, 9.17) is 0 Å². The van der Waals surface area contributed by atoms with Crippen molar-refractivity contribution in [1.82, 2.24) is 5.32 Å². The SMILES string of the molecule is CCC(C)C(O)CNC(=O)C(=O)Nc1ccc(C(C)C)cc1. The second-order valence-corrected chi connectivity index (χ2v) is 5.89. The maximum atomic E-state index is 11.8. The molecule has 0 radical (unpaired) electrons. The number of anilines is 1. The van der Waals surface area contributed by atoms with Crippen LogP contribution in [0.3, 0.4) is 0 Å². The summed E-state index contributed by atoms with van der Waals surface area (Å²) in [5, 5.41) is 14.8. The second-order valence-electron chi connectivity index (χ2n) is 5.89. The van der Waals surface area contributed by atoms with Gasteiger partial charge in [-0.25, -0.2) is 0 Å². The lowest BCUT2D eigenvalue weighted by Crippen LogP contribution is -2.41. The molecule has 22 heavy (non-hydrogen) atoms. The molecule has 0 saturated carbocycles. The number of carbonyl (C=O) groups is 2. The first kappa shape index (κ1) is 18.2. The quantitative estimate of drug-likeness (QED) is 0.705. The van der Waals surface area contributed by atoms with E-state index < -0.39 is 17.9 Å². The van der Waals surface area contributed by atoms with Crippen LogP contribution in [0.5, 0.6) is 0 Å². The number of amides is 2. The number of benzene rings is 1. The van der Waals surface area contributed by atoms with Crippen molar-refractivity contribution in [3.63, 3.8) is 0 Å². The molecule has 0 fully saturated rings. The predicted molar refractivity (Wildman–Crippen MR) is 87.6 cm³/mol. The van der Waals surface area contributed by atoms with E-state index in [-0.39, 0.29) is 12.5 Å². The van der Waals surface area contributed by atoms with Crippen LogP contribution in [0.15, 0.2) is 24.3 Å². The highest BCUT2D eigenvalue weighted by Crippen LogP contribution is 2.17. The zero-order valence-electron chi connectivity index (χ0n) is 13.7. The average Bonchev–Trinajstić information content (AvgIpc) is 2.51. The smallest absolute Gasteiger partial charge is 0.313 e. The summed E-state index contributed by atoms with van der Waals surface area (Å²) in [4.78, 5) is 23.5. The maximum absolute atomic E-state index is 11.8. The normalized spacial score (nSPS) is 13.5. The molecule has 122 valence electrons. The molecule has 1 aromatic carbocycles. The van der Waals surface area contributed by atoms with E-state index in [2.05, 4.69) is 24.5 Å². The maximum Gasteiger partial charge on any atom is 0.313 e. The molecule has 0 saturated heterocycles. The third kappa shape index (κ3) is 5.48. The Hall–Kier alpha value is -1.88. The van der Waals surface area contributed by atoms with Gasteiger partial charge in [-0.2, -0.15) is 0 Å². The molecule has 0 aliphatic heterocycles. The van der Waals surface area contributed by atoms with Gasteiger partial charge in [-0.3, -0.25) is 9.59 Å². The number of hydrogen-bond donors (Lipinski definition) is 3. The fourth-order valence-electron chi connectivity index (χ4n) is 1.89. The third-order valence-corrected chi connectivity index (χ3v) is 3.81. The van der Waals surface area contributed by atoms with E-state index in [1.807, 2.05) is 26.0 Å². The van der Waals surface area contributed by atoms with Crippen molar-refractivity contribution in [2.45, 2.75) is 46.1 Å². The number of aliphatic hydroxyl groups excluding tert-OH is 1. The summed E-state index contributed by atoms with van der Waals surface area (Å²) in [6.07, 6.45) is 0.165. The van der Waals surface area contributed by atoms with Gasteiger partial charge in [-0.1, -0.05) is 46.2 Å². The predicted octanol–water partition coefficient (Wildman–Crippen LogP) is 2.27. The lowest BCUT2D eigenvalue weighted by molar-refractivity contribution is -0.136. The molecule has 5 nitrogen and oxygen atoms in total. The fraction of sp³-hybridized carbons (Fsp3) is 0.529. The van der Waals surface area contributed by atoms with Gasteiger partial charge in [0.25, 0.3) is 0 Å². The lowest BCUT2D eigenvalue weighted by atomic mass is 10.0. The molecule has 0 bridgehead atoms. The number of nitrogens with one attached hydrogen (secondary N) is 2. The van der Waals surface area contributed by atoms with Crippen LogP contribution in [0.25, 0.3) is 0 Å². The molecule has 3 N–H and O–H groups in total. The van der Waals surface area contributed by atoms with E-state index >= 15 is 0 Å². The molecule has 2 unspecified atom stereocenters. The molecule has 1 aromatic rings. The summed E-state index contributed by atoms with van der Waals surface area (Å²) in [5.74, 6) is -0.981. The summed E-state index contributed by atoms with van der Waals surface area (Å²) in [5.41, 5.74) is 1.74. The van der Waals surface area contributed by atoms with Crippen LogP contribution in [-0.2, 0) is 9.59 Å². The van der Waals surface area contributed by atoms with Crippen LogP contribution in [0.4, 0.5) is 5.69 Å². The monoisotopic (exact) mass is 306 g/mol. The van der Waals surface area contributed by atoms with E-state index in [0.717, 1.165) is 6.42 Å². The second kappa shape index (κ2) is 8.54. The van der Waals surface area contributed by atoms with Crippen molar-refractivity contribution in [2.24, 2.45) is 5.92 Å². The Labute approximate surface area is 132 Å². The van der Waals surface area contributed by atoms with E-state index in [0.29, 0.717) is 11.6 Å². The molecular weight excluding hydrogens is 280 g/mol. The highest BCUT2D eigenvalue weighted by molar-refractivity contribution is 6.39. The average molecular weight is 306 g/mol. The third-order valence-electron chi connectivity index (χ3n) is 3.81. The van der Waals surface area contributed by atoms with Crippen molar-refractivity contribution in [3.05, 3.63) is 29.8 Å². The Morgan fingerprint density at radius 2 is 1.68 bits per heavy atom. The largest absolute Gasteiger partial charge is 0.391 e. The molecule has 0 aromatic heterocycles. The summed E-state index contributed by atoms with van der Waals surface area (Å²) < 4.78 is 0. The van der Waals surface area contributed by atoms with Crippen molar-refractivity contribution in [3.8, 4) is 0 Å². The van der Waals surface area contributed by atoms with Crippen LogP contribution >= 0.6 is 0 Å². The highest BCUT2D eigenvalue weighted by atomic mass is 16.3. The zero-order chi connectivity index (χ0) is 16.7. The summed E-state index contributed by atoms with van der Waals surface area (Å²) >= 11 is 0. The van der Waals surface area contributed by atoms with Crippen LogP contribution in [0, 0.1) is 5.92 Å². The minimum atomic E-state index is -0.740. The molecule has 0 spiro atoms. The number of hydrogen-bond acceptors (Lipinski definition) is 3. The van der Waals surface area contributed by atoms with Gasteiger partial charge in [-0.05, 0) is 29.5 Å². The molecule has 1 rings (SSSR count). The number of carbonyl (C=O) groups excluding carboxylic acids is 2. The Kier molecular flexibility index (Phi) is 7.05. The first-order chi connectivity index (χ1) is 10.3. The number of rotatable bonds is 6. The molecule has 5 heteroatoms. The topological polar surface area (TPSA) is 78.4 Å². The molecule has 0 aliphatic rings. The molecular formula is C17H26N2O3. The lowest BCUT2D eigenvalue weighted by Gasteiger charge is -2.17. The van der Waals surface area contributed by atoms with Crippen molar-refractivity contribution >= 4 is 17.5 Å². The van der Waals surface area contributed by atoms with Gasteiger partial charge in [0.15, 0.2) is 0 Å². The van der Waals surface area contributed by atoms with E-state index in [1.54, 1.807) is 12.1 Å². The van der Waals surface area contributed by atoms with Crippen molar-refractivity contribution in [1.29, 1.82) is 0 Å². The van der Waals surface area contributed by atoms with Gasteiger partial charge >= 0.3 is 11.8 Å². The summed E-state index contributed by atoms with van der Waals surface area (Å²) in [6.45, 7) is 8.11. The van der Waals surface area contributed by atoms with Crippen LogP contribution in [0.1, 0.15) is 45.6 Å². The molecule has 0 aliphatic carbocycles. The summed E-state index contributed by atoms with van der Waals surface area (Å²) in [7, 11) is 0. The van der Waals surface area contributed by atoms with Gasteiger partial charge < -0.3 is 15.7 Å². The minimum Gasteiger partial charge on any atom is -0.391 e. The Bertz CT molecular complexity index is 497. The Morgan fingerprint density at radius 1 is 1.09 bits per heavy atom. The molecule has 2 amide bonds. The van der Waals surface area contributed by atoms with Gasteiger partial charge in [0.1, 0.15) is 0 Å². The minimum absolute atomic E-state index is 0.0759. The van der Waals surface area contributed by atoms with Gasteiger partial charge in [0.2, 0.25) is 0 Å². The van der Waals surface area contributed by atoms with Crippen molar-refractivity contribution < 1.29 is 14.7 Å². The summed E-state index contributed by atoms with van der Waals surface area (Å²) in [6, 6.07) is 7.39. The van der Waals surface area contributed by atoms with Crippen LogP contribution in [0.2, 0.25) is 0 Å². The first-order valence-corrected chi connectivity index (χ1v) is 7.72.